The summed E-state index contributed by atoms with van der Waals surface area (Å²) in [6, 6.07) is 0. The summed E-state index contributed by atoms with van der Waals surface area (Å²) in [5, 5.41) is 18.3. The van der Waals surface area contributed by atoms with Crippen molar-refractivity contribution in [3.05, 3.63) is 24.5 Å². The van der Waals surface area contributed by atoms with Gasteiger partial charge in [-0.2, -0.15) is 0 Å². The van der Waals surface area contributed by atoms with E-state index >= 15 is 0 Å². The molecular weight excluding hydrogens is 619 g/mol. The number of aliphatic hydroxyl groups is 2. The number of hydrogen-bond donors (Lipinski definition) is 3. The quantitative estimate of drug-likeness (QED) is 0.0193. The SMILES string of the molecule is CCCCC/C=C\CCCCCCCC(=O)O[C@H](CO/C=C\CCCCCCCCCCCCCC)COP(=O)(O)OC[C@@H](O)CO. The zero-order valence-corrected chi connectivity index (χ0v) is 30.9. The molecule has 0 heterocycles. The summed E-state index contributed by atoms with van der Waals surface area (Å²) in [5.74, 6) is -0.415. The molecule has 3 atom stereocenters. The number of ether oxygens (including phenoxy) is 2. The average molecular weight is 691 g/mol. The van der Waals surface area contributed by atoms with Crippen LogP contribution in [0.2, 0.25) is 0 Å². The zero-order chi connectivity index (χ0) is 34.7. The second-order valence-electron chi connectivity index (χ2n) is 12.7. The van der Waals surface area contributed by atoms with Crippen LogP contribution < -0.4 is 0 Å². The highest BCUT2D eigenvalue weighted by Crippen LogP contribution is 2.43. The van der Waals surface area contributed by atoms with Gasteiger partial charge in [0.15, 0.2) is 6.10 Å². The minimum atomic E-state index is -4.52. The van der Waals surface area contributed by atoms with Gasteiger partial charge in [0, 0.05) is 6.42 Å². The Kier molecular flexibility index (Phi) is 33.7. The summed E-state index contributed by atoms with van der Waals surface area (Å²) < 4.78 is 32.9. The van der Waals surface area contributed by atoms with E-state index in [2.05, 4.69) is 26.0 Å². The smallest absolute Gasteiger partial charge is 0.472 e. The van der Waals surface area contributed by atoms with Crippen LogP contribution in [-0.4, -0.2) is 59.7 Å². The third kappa shape index (κ3) is 34.4. The molecule has 0 radical (unpaired) electrons. The Morgan fingerprint density at radius 1 is 0.638 bits per heavy atom. The van der Waals surface area contributed by atoms with Crippen molar-refractivity contribution in [1.82, 2.24) is 0 Å². The summed E-state index contributed by atoms with van der Waals surface area (Å²) in [6.45, 7) is 2.84. The van der Waals surface area contributed by atoms with Crippen LogP contribution in [-0.2, 0) is 27.9 Å². The van der Waals surface area contributed by atoms with Crippen molar-refractivity contribution in [3.8, 4) is 0 Å². The predicted molar refractivity (Wildman–Crippen MR) is 191 cm³/mol. The number of carbonyl (C=O) groups is 1. The fourth-order valence-corrected chi connectivity index (χ4v) is 5.81. The molecule has 47 heavy (non-hydrogen) atoms. The van der Waals surface area contributed by atoms with Crippen LogP contribution in [0.3, 0.4) is 0 Å². The molecule has 0 rings (SSSR count). The lowest BCUT2D eigenvalue weighted by Gasteiger charge is -2.20. The van der Waals surface area contributed by atoms with Gasteiger partial charge in [0.05, 0.1) is 26.1 Å². The van der Waals surface area contributed by atoms with Gasteiger partial charge in [0.1, 0.15) is 12.7 Å². The minimum absolute atomic E-state index is 0.0358. The second kappa shape index (κ2) is 34.6. The molecule has 0 aromatic heterocycles. The summed E-state index contributed by atoms with van der Waals surface area (Å²) in [4.78, 5) is 22.4. The summed E-state index contributed by atoms with van der Waals surface area (Å²) >= 11 is 0. The molecule has 0 spiro atoms. The second-order valence-corrected chi connectivity index (χ2v) is 14.1. The van der Waals surface area contributed by atoms with E-state index in [9.17, 15) is 19.4 Å². The molecule has 0 aliphatic heterocycles. The third-order valence-electron chi connectivity index (χ3n) is 7.95. The van der Waals surface area contributed by atoms with Crippen LogP contribution >= 0.6 is 7.82 Å². The van der Waals surface area contributed by atoms with Crippen molar-refractivity contribution in [3.63, 3.8) is 0 Å². The van der Waals surface area contributed by atoms with Gasteiger partial charge in [-0.25, -0.2) is 4.57 Å². The topological polar surface area (TPSA) is 132 Å². The van der Waals surface area contributed by atoms with Gasteiger partial charge < -0.3 is 24.6 Å². The lowest BCUT2D eigenvalue weighted by molar-refractivity contribution is -0.153. The van der Waals surface area contributed by atoms with Crippen molar-refractivity contribution in [2.24, 2.45) is 0 Å². The van der Waals surface area contributed by atoms with Crippen molar-refractivity contribution in [1.29, 1.82) is 0 Å². The Morgan fingerprint density at radius 3 is 1.64 bits per heavy atom. The molecule has 10 heteroatoms. The van der Waals surface area contributed by atoms with Crippen molar-refractivity contribution in [2.45, 2.75) is 180 Å². The first-order valence-electron chi connectivity index (χ1n) is 18.9. The van der Waals surface area contributed by atoms with Crippen LogP contribution in [0.4, 0.5) is 0 Å². The molecule has 0 aromatic carbocycles. The average Bonchev–Trinajstić information content (AvgIpc) is 3.06. The number of phosphoric ester groups is 1. The number of unbranched alkanes of at least 4 members (excludes halogenated alkanes) is 20. The summed E-state index contributed by atoms with van der Waals surface area (Å²) in [5.41, 5.74) is 0. The fraction of sp³-hybridized carbons (Fsp3) is 0.865. The molecule has 0 saturated carbocycles. The van der Waals surface area contributed by atoms with Gasteiger partial charge in [-0.1, -0.05) is 129 Å². The first-order valence-corrected chi connectivity index (χ1v) is 20.4. The molecule has 0 bridgehead atoms. The number of carbonyl (C=O) groups excluding carboxylic acids is 1. The van der Waals surface area contributed by atoms with E-state index in [0.29, 0.717) is 6.42 Å². The number of esters is 1. The first-order chi connectivity index (χ1) is 22.8. The van der Waals surface area contributed by atoms with E-state index in [1.54, 1.807) is 6.26 Å². The van der Waals surface area contributed by atoms with Crippen LogP contribution in [0, 0.1) is 0 Å². The molecule has 3 N–H and O–H groups in total. The highest BCUT2D eigenvalue weighted by molar-refractivity contribution is 7.47. The first kappa shape index (κ1) is 45.8. The molecule has 278 valence electrons. The number of allylic oxidation sites excluding steroid dienone is 3. The number of phosphoric acid groups is 1. The van der Waals surface area contributed by atoms with Gasteiger partial charge in [0.25, 0.3) is 0 Å². The van der Waals surface area contributed by atoms with E-state index in [1.165, 1.54) is 96.3 Å². The standard InChI is InChI=1S/C37H71O9P/c1-3-5-7-9-11-13-15-17-18-20-22-24-26-28-30-43-33-36(34-45-47(41,42)44-32-35(39)31-38)46-37(40)29-27-25-23-21-19-16-14-12-10-8-6-4-2/h12,14,28,30,35-36,38-39H,3-11,13,15-27,29,31-34H2,1-2H3,(H,41,42)/b14-12-,30-28-/t35-,36+/m0/s1. The molecule has 0 amide bonds. The monoisotopic (exact) mass is 690 g/mol. The van der Waals surface area contributed by atoms with E-state index in [0.717, 1.165) is 44.9 Å². The number of aliphatic hydroxyl groups excluding tert-OH is 2. The normalized spacial score (nSPS) is 14.5. The Morgan fingerprint density at radius 2 is 1.09 bits per heavy atom. The lowest BCUT2D eigenvalue weighted by atomic mass is 10.0. The molecule has 0 aliphatic carbocycles. The Labute approximate surface area is 287 Å². The van der Waals surface area contributed by atoms with Crippen LogP contribution in [0.1, 0.15) is 168 Å². The molecule has 0 saturated heterocycles. The minimum Gasteiger partial charge on any atom is -0.498 e. The van der Waals surface area contributed by atoms with Crippen LogP contribution in [0.15, 0.2) is 24.5 Å². The highest BCUT2D eigenvalue weighted by atomic mass is 31.2. The Bertz CT molecular complexity index is 790. The molecular formula is C37H71O9P. The van der Waals surface area contributed by atoms with E-state index in [-0.39, 0.29) is 13.0 Å². The molecule has 9 nitrogen and oxygen atoms in total. The van der Waals surface area contributed by atoms with Gasteiger partial charge in [-0.3, -0.25) is 13.8 Å². The highest BCUT2D eigenvalue weighted by Gasteiger charge is 2.26. The maximum absolute atomic E-state index is 12.5. The van der Waals surface area contributed by atoms with Crippen molar-refractivity contribution in [2.75, 3.05) is 26.4 Å². The summed E-state index contributed by atoms with van der Waals surface area (Å²) in [6.07, 6.45) is 33.6. The summed E-state index contributed by atoms with van der Waals surface area (Å²) in [7, 11) is -4.52. The predicted octanol–water partition coefficient (Wildman–Crippen LogP) is 9.87. The van der Waals surface area contributed by atoms with Crippen molar-refractivity contribution >= 4 is 13.8 Å². The van der Waals surface area contributed by atoms with Crippen molar-refractivity contribution < 1.29 is 43.0 Å². The third-order valence-corrected chi connectivity index (χ3v) is 8.90. The van der Waals surface area contributed by atoms with Crippen LogP contribution in [0.25, 0.3) is 0 Å². The number of rotatable bonds is 36. The van der Waals surface area contributed by atoms with Gasteiger partial charge in [0.2, 0.25) is 0 Å². The molecule has 0 fully saturated rings. The van der Waals surface area contributed by atoms with E-state index in [1.807, 2.05) is 6.08 Å². The lowest BCUT2D eigenvalue weighted by Crippen LogP contribution is -2.28. The van der Waals surface area contributed by atoms with Gasteiger partial charge in [-0.05, 0) is 51.0 Å². The zero-order valence-electron chi connectivity index (χ0n) is 30.0. The Hall–Kier alpha value is -1.22. The van der Waals surface area contributed by atoms with E-state index < -0.39 is 45.8 Å². The molecule has 1 unspecified atom stereocenters. The molecule has 0 aromatic rings. The fourth-order valence-electron chi connectivity index (χ4n) is 5.02. The molecule has 0 aliphatic rings. The van der Waals surface area contributed by atoms with Crippen LogP contribution in [0.5, 0.6) is 0 Å². The van der Waals surface area contributed by atoms with E-state index in [4.69, 9.17) is 23.6 Å². The Balaban J connectivity index is 4.30. The largest absolute Gasteiger partial charge is 0.498 e. The number of hydrogen-bond acceptors (Lipinski definition) is 8. The van der Waals surface area contributed by atoms with Gasteiger partial charge >= 0.3 is 13.8 Å². The maximum Gasteiger partial charge on any atom is 0.472 e. The van der Waals surface area contributed by atoms with Gasteiger partial charge in [-0.15, -0.1) is 0 Å². The maximum atomic E-state index is 12.5.